The zero-order valence-corrected chi connectivity index (χ0v) is 32.1. The summed E-state index contributed by atoms with van der Waals surface area (Å²) in [5, 5.41) is 2.75. The quantitative estimate of drug-likeness (QED) is 0.261. The summed E-state index contributed by atoms with van der Waals surface area (Å²) in [5.74, 6) is -1.22. The second-order valence-corrected chi connectivity index (χ2v) is 16.6. The van der Waals surface area contributed by atoms with Crippen LogP contribution < -0.4 is 24.9 Å². The zero-order chi connectivity index (χ0) is 38.7. The minimum atomic E-state index is -0.976. The molecule has 14 nitrogen and oxygen atoms in total. The topological polar surface area (TPSA) is 136 Å². The Bertz CT molecular complexity index is 2120. The van der Waals surface area contributed by atoms with E-state index in [-0.39, 0.29) is 41.6 Å². The molecule has 0 bridgehead atoms. The van der Waals surface area contributed by atoms with Gasteiger partial charge in [0.1, 0.15) is 6.04 Å². The van der Waals surface area contributed by atoms with Crippen LogP contribution in [0.15, 0.2) is 48.8 Å². The predicted octanol–water partition coefficient (Wildman–Crippen LogP) is 4.84. The third-order valence-electron chi connectivity index (χ3n) is 12.7. The van der Waals surface area contributed by atoms with E-state index < -0.39 is 29.7 Å². The lowest BCUT2D eigenvalue weighted by Gasteiger charge is -2.43. The van der Waals surface area contributed by atoms with Crippen LogP contribution in [-0.4, -0.2) is 109 Å². The number of imide groups is 2. The Hall–Kier alpha value is -5.26. The van der Waals surface area contributed by atoms with E-state index in [1.807, 2.05) is 36.7 Å². The maximum Gasteiger partial charge on any atom is 0.262 e. The summed E-state index contributed by atoms with van der Waals surface area (Å²) < 4.78 is 6.47. The fraction of sp³-hybridized carbons (Fsp3) is 0.488. The molecule has 0 radical (unpaired) electrons. The lowest BCUT2D eigenvalue weighted by Crippen LogP contribution is -2.54. The highest BCUT2D eigenvalue weighted by Crippen LogP contribution is 2.46. The fourth-order valence-electron chi connectivity index (χ4n) is 9.53. The molecule has 4 amide bonds. The van der Waals surface area contributed by atoms with Crippen molar-refractivity contribution in [3.05, 3.63) is 76.4 Å². The van der Waals surface area contributed by atoms with Gasteiger partial charge < -0.3 is 24.3 Å². The number of fused-ring (bicyclic) bond motifs is 1. The summed E-state index contributed by atoms with van der Waals surface area (Å²) in [6.45, 7) is 15.5. The Kier molecular flexibility index (Phi) is 9.32. The second-order valence-electron chi connectivity index (χ2n) is 16.2. The number of hydrogen-bond donors (Lipinski definition) is 1. The van der Waals surface area contributed by atoms with E-state index in [4.69, 9.17) is 32.9 Å². The Morgan fingerprint density at radius 1 is 0.839 bits per heavy atom. The van der Waals surface area contributed by atoms with Crippen LogP contribution in [0.5, 0.6) is 0 Å². The Morgan fingerprint density at radius 3 is 2.25 bits per heavy atom. The molecule has 1 spiro atoms. The van der Waals surface area contributed by atoms with Crippen LogP contribution in [0.1, 0.15) is 72.6 Å². The third kappa shape index (κ3) is 6.60. The molecule has 5 saturated heterocycles. The molecule has 2 aromatic carbocycles. The third-order valence-corrected chi connectivity index (χ3v) is 13.0. The summed E-state index contributed by atoms with van der Waals surface area (Å²) in [7, 11) is 0. The van der Waals surface area contributed by atoms with Crippen molar-refractivity contribution in [3.63, 3.8) is 0 Å². The van der Waals surface area contributed by atoms with E-state index in [1.54, 1.807) is 12.1 Å². The van der Waals surface area contributed by atoms with E-state index in [1.165, 1.54) is 0 Å². The van der Waals surface area contributed by atoms with Crippen molar-refractivity contribution in [2.45, 2.75) is 76.2 Å². The molecule has 6 aliphatic rings. The van der Waals surface area contributed by atoms with E-state index >= 15 is 0 Å². The van der Waals surface area contributed by atoms with Gasteiger partial charge in [-0.25, -0.2) is 14.8 Å². The highest BCUT2D eigenvalue weighted by molar-refractivity contribution is 6.33. The first-order chi connectivity index (χ1) is 27.1. The van der Waals surface area contributed by atoms with Crippen LogP contribution in [-0.2, 0) is 14.3 Å². The Balaban J connectivity index is 0.725. The number of aromatic nitrogens is 2. The number of benzene rings is 2. The first-order valence-corrected chi connectivity index (χ1v) is 20.0. The lowest BCUT2D eigenvalue weighted by atomic mass is 9.77. The maximum absolute atomic E-state index is 13.3. The number of piperidine rings is 3. The van der Waals surface area contributed by atoms with Crippen LogP contribution in [0.3, 0.4) is 0 Å². The van der Waals surface area contributed by atoms with Crippen molar-refractivity contribution in [2.75, 3.05) is 65.4 Å². The van der Waals surface area contributed by atoms with E-state index in [0.29, 0.717) is 29.8 Å². The molecule has 3 aromatic rings. The predicted molar refractivity (Wildman–Crippen MR) is 210 cm³/mol. The average molecular weight is 778 g/mol. The van der Waals surface area contributed by atoms with Crippen molar-refractivity contribution >= 4 is 63.9 Å². The molecule has 56 heavy (non-hydrogen) atoms. The second kappa shape index (κ2) is 14.4. The molecule has 7 heterocycles. The number of hydrogen-bond acceptors (Lipinski definition) is 11. The van der Waals surface area contributed by atoms with Crippen LogP contribution >= 0.6 is 11.6 Å². The molecule has 0 saturated carbocycles. The average Bonchev–Trinajstić information content (AvgIpc) is 3.64. The molecule has 2 atom stereocenters. The number of halogens is 1. The molecule has 9 rings (SSSR count). The number of carbonyl (C=O) groups is 4. The normalized spacial score (nSPS) is 24.1. The number of amides is 4. The van der Waals surface area contributed by atoms with Gasteiger partial charge in [0.2, 0.25) is 23.5 Å². The van der Waals surface area contributed by atoms with Gasteiger partial charge >= 0.3 is 0 Å². The van der Waals surface area contributed by atoms with Gasteiger partial charge in [-0.15, -0.1) is 0 Å². The molecule has 1 N–H and O–H groups in total. The van der Waals surface area contributed by atoms with E-state index in [9.17, 15) is 19.2 Å². The molecule has 0 aliphatic carbocycles. The highest BCUT2D eigenvalue weighted by Gasteiger charge is 2.46. The molecular formula is C41H44ClN9O5. The van der Waals surface area contributed by atoms with Crippen molar-refractivity contribution in [1.82, 2.24) is 20.2 Å². The van der Waals surface area contributed by atoms with Gasteiger partial charge in [0.05, 0.1) is 48.0 Å². The monoisotopic (exact) mass is 777 g/mol. The summed E-state index contributed by atoms with van der Waals surface area (Å²) in [4.78, 5) is 73.6. The van der Waals surface area contributed by atoms with Crippen LogP contribution in [0.4, 0.5) is 28.7 Å². The Morgan fingerprint density at radius 2 is 1.55 bits per heavy atom. The Labute approximate surface area is 330 Å². The van der Waals surface area contributed by atoms with Gasteiger partial charge in [-0.3, -0.25) is 29.4 Å². The number of nitrogens with one attached hydrogen (secondary N) is 1. The summed E-state index contributed by atoms with van der Waals surface area (Å²) in [6.07, 6.45) is 9.47. The van der Waals surface area contributed by atoms with Gasteiger partial charge in [0, 0.05) is 74.7 Å². The number of nitrogens with zero attached hydrogens (tertiary/aromatic N) is 8. The number of rotatable bonds is 7. The SMILES string of the molecule is [C-]#[N+]c1ccc(N2CC3(CCN(c4ncc(N5CCC(OC6CN(c7ccc8c(c7)C(=O)N(C7CCC(=O)NC7=O)C8=O)C6)CC5)cn4)CC3)C[C@@H]2C)cc1Cl. The van der Waals surface area contributed by atoms with Gasteiger partial charge in [0.25, 0.3) is 11.8 Å². The van der Waals surface area contributed by atoms with E-state index in [2.05, 4.69) is 36.7 Å². The summed E-state index contributed by atoms with van der Waals surface area (Å²) >= 11 is 6.38. The smallest absolute Gasteiger partial charge is 0.262 e. The molecule has 5 fully saturated rings. The van der Waals surface area contributed by atoms with Crippen molar-refractivity contribution in [1.29, 1.82) is 0 Å². The van der Waals surface area contributed by atoms with Gasteiger partial charge in [-0.1, -0.05) is 17.7 Å². The highest BCUT2D eigenvalue weighted by atomic mass is 35.5. The molecule has 1 unspecified atom stereocenters. The first kappa shape index (κ1) is 36.4. The van der Waals surface area contributed by atoms with Crippen LogP contribution in [0.25, 0.3) is 4.85 Å². The first-order valence-electron chi connectivity index (χ1n) is 19.6. The minimum absolute atomic E-state index is 0.0781. The molecule has 6 aliphatic heterocycles. The fourth-order valence-corrected chi connectivity index (χ4v) is 9.74. The van der Waals surface area contributed by atoms with Gasteiger partial charge in [0.15, 0.2) is 0 Å². The van der Waals surface area contributed by atoms with Crippen molar-refractivity contribution in [2.24, 2.45) is 5.41 Å². The van der Waals surface area contributed by atoms with E-state index in [0.717, 1.165) is 92.7 Å². The largest absolute Gasteiger partial charge is 0.371 e. The van der Waals surface area contributed by atoms with Crippen molar-refractivity contribution in [3.8, 4) is 0 Å². The molecule has 1 aromatic heterocycles. The zero-order valence-electron chi connectivity index (χ0n) is 31.3. The summed E-state index contributed by atoms with van der Waals surface area (Å²) in [6, 6.07) is 10.4. The summed E-state index contributed by atoms with van der Waals surface area (Å²) in [5.41, 5.74) is 4.26. The number of anilines is 4. The van der Waals surface area contributed by atoms with Crippen LogP contribution in [0.2, 0.25) is 5.02 Å². The number of carbonyl (C=O) groups excluding carboxylic acids is 4. The standard InChI is InChI=1S/C41H44ClN9O5/c1-25-19-41(24-50(25)27-4-6-34(43-2)33(42)18-27)11-15-48(16-12-41)40-44-20-28(21-45-40)47-13-9-29(10-14-47)56-30-22-49(23-30)26-3-5-31-32(17-26)39(55)51(38(31)54)35-7-8-36(52)46-37(35)53/h3-6,17-18,20-21,25,29-30,35H,7-16,19,22-24H2,1H3,(H,46,52,53)/t25-,35?/m0/s1. The molecule has 15 heteroatoms. The minimum Gasteiger partial charge on any atom is -0.371 e. The molecular weight excluding hydrogens is 734 g/mol. The van der Waals surface area contributed by atoms with Gasteiger partial charge in [-0.05, 0) is 81.2 Å². The van der Waals surface area contributed by atoms with Crippen molar-refractivity contribution < 1.29 is 23.9 Å². The number of ether oxygens (including phenoxy) is 1. The molecule has 290 valence electrons. The lowest BCUT2D eigenvalue weighted by molar-refractivity contribution is -0.136. The van der Waals surface area contributed by atoms with Crippen LogP contribution in [0, 0.1) is 12.0 Å². The maximum atomic E-state index is 13.3. The van der Waals surface area contributed by atoms with Gasteiger partial charge in [-0.2, -0.15) is 0 Å².